The lowest BCUT2D eigenvalue weighted by Crippen LogP contribution is -2.32. The van der Waals surface area contributed by atoms with Crippen molar-refractivity contribution in [3.63, 3.8) is 0 Å². The maximum atomic E-state index is 11.9. The molecule has 0 aromatic heterocycles. The second-order valence-electron chi connectivity index (χ2n) is 5.57. The Hall–Kier alpha value is -1.12. The number of Topliss-reactive ketones (excluding diaryl/α,β-unsaturated/α-hetero) is 1. The average Bonchev–Trinajstić information content (AvgIpc) is 2.66. The van der Waals surface area contributed by atoms with Crippen molar-refractivity contribution in [1.82, 2.24) is 0 Å². The van der Waals surface area contributed by atoms with Crippen LogP contribution in [0.1, 0.15) is 39.5 Å². The second kappa shape index (κ2) is 4.63. The van der Waals surface area contributed by atoms with Crippen LogP contribution in [0, 0.1) is 23.7 Å². The average molecular weight is 236 g/mol. The molecule has 2 aliphatic carbocycles. The van der Waals surface area contributed by atoms with Gasteiger partial charge < -0.3 is 5.11 Å². The Morgan fingerprint density at radius 2 is 2.06 bits per heavy atom. The van der Waals surface area contributed by atoms with Gasteiger partial charge in [-0.3, -0.25) is 4.79 Å². The van der Waals surface area contributed by atoms with Crippen LogP contribution in [0.5, 0.6) is 0 Å². The first kappa shape index (κ1) is 12.3. The third-order valence-corrected chi connectivity index (χ3v) is 4.51. The number of hydrogen-bond acceptors (Lipinski definition) is 2. The van der Waals surface area contributed by atoms with Gasteiger partial charge in [0.2, 0.25) is 0 Å². The third kappa shape index (κ3) is 2.28. The number of aliphatic carboxylic acids is 1. The van der Waals surface area contributed by atoms with E-state index >= 15 is 0 Å². The Labute approximate surface area is 102 Å². The quantitative estimate of drug-likeness (QED) is 0.750. The van der Waals surface area contributed by atoms with E-state index in [0.717, 1.165) is 19.3 Å². The SMILES string of the molecule is C/C(=C\[C@@H]1CC[C@@H](C)[C@H]2CCC(=O)C12)C(=O)O. The van der Waals surface area contributed by atoms with Crippen molar-refractivity contribution in [1.29, 1.82) is 0 Å². The maximum Gasteiger partial charge on any atom is 0.330 e. The predicted molar refractivity (Wildman–Crippen MR) is 64.5 cm³/mol. The zero-order chi connectivity index (χ0) is 12.6. The van der Waals surface area contributed by atoms with Crippen molar-refractivity contribution in [2.45, 2.75) is 39.5 Å². The fourth-order valence-electron chi connectivity index (χ4n) is 3.52. The number of carboxylic acids is 1. The lowest BCUT2D eigenvalue weighted by molar-refractivity contribution is -0.132. The number of carbonyl (C=O) groups excluding carboxylic acids is 1. The molecule has 0 spiro atoms. The number of allylic oxidation sites excluding steroid dienone is 1. The second-order valence-corrected chi connectivity index (χ2v) is 5.57. The Kier molecular flexibility index (Phi) is 3.36. The molecule has 0 aromatic rings. The maximum absolute atomic E-state index is 11.9. The molecule has 0 aliphatic heterocycles. The van der Waals surface area contributed by atoms with Gasteiger partial charge in [-0.1, -0.05) is 13.0 Å². The van der Waals surface area contributed by atoms with Crippen molar-refractivity contribution in [3.8, 4) is 0 Å². The summed E-state index contributed by atoms with van der Waals surface area (Å²) < 4.78 is 0. The van der Waals surface area contributed by atoms with E-state index < -0.39 is 5.97 Å². The van der Waals surface area contributed by atoms with Crippen LogP contribution < -0.4 is 0 Å². The molecule has 0 amide bonds. The number of hydrogen-bond donors (Lipinski definition) is 1. The van der Waals surface area contributed by atoms with Crippen LogP contribution in [0.15, 0.2) is 11.6 Å². The molecule has 1 unspecified atom stereocenters. The standard InChI is InChI=1S/C14H20O3/c1-8-3-4-10(7-9(2)14(16)17)13-11(8)5-6-12(13)15/h7-8,10-11,13H,3-6H2,1-2H3,(H,16,17)/b9-7+/t8-,10+,11-,13?/m1/s1. The Morgan fingerprint density at radius 3 is 2.71 bits per heavy atom. The Morgan fingerprint density at radius 1 is 1.35 bits per heavy atom. The summed E-state index contributed by atoms with van der Waals surface area (Å²) in [6, 6.07) is 0. The van der Waals surface area contributed by atoms with Crippen molar-refractivity contribution in [2.75, 3.05) is 0 Å². The van der Waals surface area contributed by atoms with Crippen LogP contribution in [-0.2, 0) is 9.59 Å². The summed E-state index contributed by atoms with van der Waals surface area (Å²) in [5.74, 6) is 0.822. The van der Waals surface area contributed by atoms with Gasteiger partial charge >= 0.3 is 5.97 Å². The zero-order valence-corrected chi connectivity index (χ0v) is 10.5. The van der Waals surface area contributed by atoms with Crippen LogP contribution >= 0.6 is 0 Å². The van der Waals surface area contributed by atoms with Crippen LogP contribution in [0.25, 0.3) is 0 Å². The summed E-state index contributed by atoms with van der Waals surface area (Å²) in [4.78, 5) is 22.8. The Balaban J connectivity index is 2.21. The minimum atomic E-state index is -0.870. The van der Waals surface area contributed by atoms with Crippen LogP contribution in [0.3, 0.4) is 0 Å². The van der Waals surface area contributed by atoms with Gasteiger partial charge in [-0.25, -0.2) is 4.79 Å². The molecular weight excluding hydrogens is 216 g/mol. The van der Waals surface area contributed by atoms with Crippen LogP contribution in [0.2, 0.25) is 0 Å². The van der Waals surface area contributed by atoms with E-state index in [-0.39, 0.29) is 11.8 Å². The van der Waals surface area contributed by atoms with E-state index in [2.05, 4.69) is 6.92 Å². The van der Waals surface area contributed by atoms with Gasteiger partial charge in [-0.05, 0) is 43.9 Å². The fourth-order valence-corrected chi connectivity index (χ4v) is 3.52. The highest BCUT2D eigenvalue weighted by Gasteiger charge is 2.44. The monoisotopic (exact) mass is 236 g/mol. The highest BCUT2D eigenvalue weighted by atomic mass is 16.4. The van der Waals surface area contributed by atoms with Gasteiger partial charge in [-0.15, -0.1) is 0 Å². The number of carbonyl (C=O) groups is 2. The number of carboxylic acid groups (broad SMARTS) is 1. The van der Waals surface area contributed by atoms with E-state index in [1.54, 1.807) is 6.92 Å². The zero-order valence-electron chi connectivity index (χ0n) is 10.5. The van der Waals surface area contributed by atoms with Crippen molar-refractivity contribution in [2.24, 2.45) is 23.7 Å². The molecule has 0 saturated heterocycles. The minimum Gasteiger partial charge on any atom is -0.478 e. The molecule has 2 rings (SSSR count). The first-order valence-electron chi connectivity index (χ1n) is 6.45. The fraction of sp³-hybridized carbons (Fsp3) is 0.714. The van der Waals surface area contributed by atoms with E-state index in [9.17, 15) is 9.59 Å². The molecule has 2 fully saturated rings. The molecule has 4 atom stereocenters. The molecule has 0 heterocycles. The van der Waals surface area contributed by atoms with E-state index in [0.29, 0.717) is 29.6 Å². The highest BCUT2D eigenvalue weighted by Crippen LogP contribution is 2.47. The molecule has 0 bridgehead atoms. The third-order valence-electron chi connectivity index (χ3n) is 4.51. The molecule has 3 nitrogen and oxygen atoms in total. The van der Waals surface area contributed by atoms with Gasteiger partial charge in [0, 0.05) is 17.9 Å². The van der Waals surface area contributed by atoms with E-state index in [1.165, 1.54) is 0 Å². The topological polar surface area (TPSA) is 54.4 Å². The summed E-state index contributed by atoms with van der Waals surface area (Å²) in [5.41, 5.74) is 0.378. The first-order valence-corrected chi connectivity index (χ1v) is 6.45. The van der Waals surface area contributed by atoms with Gasteiger partial charge in [0.05, 0.1) is 0 Å². The van der Waals surface area contributed by atoms with Gasteiger partial charge in [0.15, 0.2) is 0 Å². The molecule has 0 aromatic carbocycles. The number of rotatable bonds is 2. The first-order chi connectivity index (χ1) is 8.00. The van der Waals surface area contributed by atoms with Gasteiger partial charge in [-0.2, -0.15) is 0 Å². The number of fused-ring (bicyclic) bond motifs is 1. The molecule has 0 radical (unpaired) electrons. The molecule has 3 heteroatoms. The summed E-state index contributed by atoms with van der Waals surface area (Å²) in [7, 11) is 0. The summed E-state index contributed by atoms with van der Waals surface area (Å²) >= 11 is 0. The molecule has 1 N–H and O–H groups in total. The van der Waals surface area contributed by atoms with Crippen LogP contribution in [-0.4, -0.2) is 16.9 Å². The lowest BCUT2D eigenvalue weighted by atomic mass is 9.68. The van der Waals surface area contributed by atoms with E-state index in [4.69, 9.17) is 5.11 Å². The summed E-state index contributed by atoms with van der Waals surface area (Å²) in [6.45, 7) is 3.84. The normalized spacial score (nSPS) is 38.0. The van der Waals surface area contributed by atoms with Gasteiger partial charge in [0.25, 0.3) is 0 Å². The largest absolute Gasteiger partial charge is 0.478 e. The molecule has 17 heavy (non-hydrogen) atoms. The van der Waals surface area contributed by atoms with Gasteiger partial charge in [0.1, 0.15) is 5.78 Å². The summed E-state index contributed by atoms with van der Waals surface area (Å²) in [5, 5.41) is 8.92. The smallest absolute Gasteiger partial charge is 0.330 e. The van der Waals surface area contributed by atoms with Crippen molar-refractivity contribution >= 4 is 11.8 Å². The van der Waals surface area contributed by atoms with Crippen LogP contribution in [0.4, 0.5) is 0 Å². The van der Waals surface area contributed by atoms with E-state index in [1.807, 2.05) is 6.08 Å². The number of ketones is 1. The molecule has 2 saturated carbocycles. The molecular formula is C14H20O3. The minimum absolute atomic E-state index is 0.0908. The van der Waals surface area contributed by atoms with Crippen molar-refractivity contribution < 1.29 is 14.7 Å². The van der Waals surface area contributed by atoms with Crippen molar-refractivity contribution in [3.05, 3.63) is 11.6 Å². The summed E-state index contributed by atoms with van der Waals surface area (Å²) in [6.07, 6.45) is 5.58. The Bertz CT molecular complexity index is 370. The molecule has 94 valence electrons. The lowest BCUT2D eigenvalue weighted by Gasteiger charge is -2.36. The predicted octanol–water partition coefficient (Wildman–Crippen LogP) is 2.66. The highest BCUT2D eigenvalue weighted by molar-refractivity contribution is 5.87. The molecule has 2 aliphatic rings.